The van der Waals surface area contributed by atoms with Crippen LogP contribution in [0.15, 0.2) is 12.3 Å². The normalized spacial score (nSPS) is 13.2. The zero-order chi connectivity index (χ0) is 13.2. The molecule has 0 saturated heterocycles. The van der Waals surface area contributed by atoms with E-state index >= 15 is 0 Å². The molecule has 0 spiro atoms. The Kier molecular flexibility index (Phi) is 4.03. The van der Waals surface area contributed by atoms with Crippen molar-refractivity contribution in [3.05, 3.63) is 17.8 Å². The summed E-state index contributed by atoms with van der Waals surface area (Å²) in [7, 11) is 1.99. The summed E-state index contributed by atoms with van der Waals surface area (Å²) in [6.45, 7) is 8.71. The molecule has 0 saturated carbocycles. The second-order valence-electron chi connectivity index (χ2n) is 5.29. The van der Waals surface area contributed by atoms with Crippen LogP contribution in [0.2, 0.25) is 0 Å². The summed E-state index contributed by atoms with van der Waals surface area (Å²) < 4.78 is 0. The first kappa shape index (κ1) is 13.8. The molecule has 1 rings (SSSR count). The van der Waals surface area contributed by atoms with E-state index < -0.39 is 0 Å². The highest BCUT2D eigenvalue weighted by Gasteiger charge is 2.26. The molecule has 1 heterocycles. The van der Waals surface area contributed by atoms with E-state index in [-0.39, 0.29) is 5.41 Å². The molecule has 1 aromatic rings. The van der Waals surface area contributed by atoms with Crippen LogP contribution in [-0.2, 0) is 0 Å². The quantitative estimate of drug-likeness (QED) is 0.834. The lowest BCUT2D eigenvalue weighted by atomic mass is 9.87. The van der Waals surface area contributed by atoms with Crippen molar-refractivity contribution >= 4 is 23.0 Å². The minimum absolute atomic E-state index is 0.139. The van der Waals surface area contributed by atoms with E-state index in [9.17, 15) is 0 Å². The molecule has 0 aliphatic carbocycles. The Morgan fingerprint density at radius 1 is 1.47 bits per heavy atom. The monoisotopic (exact) mass is 252 g/mol. The van der Waals surface area contributed by atoms with E-state index in [0.29, 0.717) is 11.0 Å². The molecule has 2 N–H and O–H groups in total. The van der Waals surface area contributed by atoms with Crippen molar-refractivity contribution in [3.8, 4) is 0 Å². The minimum Gasteiger partial charge on any atom is -0.389 e. The number of nitrogens with two attached hydrogens (primary N) is 1. The second kappa shape index (κ2) is 4.96. The van der Waals surface area contributed by atoms with E-state index in [2.05, 4.69) is 42.8 Å². The third-order valence-electron chi connectivity index (χ3n) is 3.14. The molecular formula is C12H20N4S. The molecule has 4 nitrogen and oxygen atoms in total. The number of hydrogen-bond acceptors (Lipinski definition) is 4. The maximum absolute atomic E-state index is 5.70. The van der Waals surface area contributed by atoms with Gasteiger partial charge in [0.1, 0.15) is 4.99 Å². The van der Waals surface area contributed by atoms with Gasteiger partial charge in [-0.3, -0.25) is 0 Å². The minimum atomic E-state index is 0.139. The van der Waals surface area contributed by atoms with Gasteiger partial charge in [0.2, 0.25) is 0 Å². The van der Waals surface area contributed by atoms with Crippen LogP contribution >= 0.6 is 12.2 Å². The van der Waals surface area contributed by atoms with Gasteiger partial charge in [0.25, 0.3) is 0 Å². The first-order valence-corrected chi connectivity index (χ1v) is 6.00. The predicted molar refractivity (Wildman–Crippen MR) is 75.2 cm³/mol. The van der Waals surface area contributed by atoms with Gasteiger partial charge in [-0.05, 0) is 18.4 Å². The van der Waals surface area contributed by atoms with Crippen LogP contribution in [0.5, 0.6) is 0 Å². The van der Waals surface area contributed by atoms with Gasteiger partial charge in [-0.1, -0.05) is 33.0 Å². The molecule has 94 valence electrons. The highest BCUT2D eigenvalue weighted by atomic mass is 32.1. The lowest BCUT2D eigenvalue weighted by Crippen LogP contribution is -2.40. The SMILES string of the molecule is CC(N(C)c1nnccc1C(N)=S)C(C)(C)C. The Bertz CT molecular complexity index is 411. The van der Waals surface area contributed by atoms with Crippen LogP contribution < -0.4 is 10.6 Å². The van der Waals surface area contributed by atoms with Gasteiger partial charge in [0.15, 0.2) is 5.82 Å². The fraction of sp³-hybridized carbons (Fsp3) is 0.583. The second-order valence-corrected chi connectivity index (χ2v) is 5.73. The number of anilines is 1. The first-order valence-electron chi connectivity index (χ1n) is 5.59. The average molecular weight is 252 g/mol. The number of thiocarbonyl (C=S) groups is 1. The van der Waals surface area contributed by atoms with Gasteiger partial charge in [-0.15, -0.1) is 5.10 Å². The maximum Gasteiger partial charge on any atom is 0.161 e. The van der Waals surface area contributed by atoms with Gasteiger partial charge in [-0.25, -0.2) is 0 Å². The maximum atomic E-state index is 5.70. The summed E-state index contributed by atoms with van der Waals surface area (Å²) in [5.41, 5.74) is 6.61. The highest BCUT2D eigenvalue weighted by molar-refractivity contribution is 7.80. The van der Waals surface area contributed by atoms with Crippen molar-refractivity contribution in [2.45, 2.75) is 33.7 Å². The number of rotatable bonds is 3. The lowest BCUT2D eigenvalue weighted by Gasteiger charge is -2.36. The molecular weight excluding hydrogens is 232 g/mol. The molecule has 5 heteroatoms. The van der Waals surface area contributed by atoms with Crippen molar-refractivity contribution in [2.75, 3.05) is 11.9 Å². The standard InChI is InChI=1S/C12H20N4S/c1-8(12(2,3)4)16(5)11-9(10(13)17)6-7-14-15-11/h6-8H,1-5H3,(H2,13,17). The third-order valence-corrected chi connectivity index (χ3v) is 3.35. The first-order chi connectivity index (χ1) is 7.75. The number of hydrogen-bond donors (Lipinski definition) is 1. The van der Waals surface area contributed by atoms with Crippen LogP contribution in [0.3, 0.4) is 0 Å². The molecule has 0 amide bonds. The molecule has 0 radical (unpaired) electrons. The average Bonchev–Trinajstić information content (AvgIpc) is 2.25. The molecule has 17 heavy (non-hydrogen) atoms. The van der Waals surface area contributed by atoms with Gasteiger partial charge in [0, 0.05) is 13.1 Å². The summed E-state index contributed by atoms with van der Waals surface area (Å²) in [5.74, 6) is 0.738. The van der Waals surface area contributed by atoms with Crippen LogP contribution in [0.4, 0.5) is 5.82 Å². The largest absolute Gasteiger partial charge is 0.389 e. The van der Waals surface area contributed by atoms with E-state index in [1.54, 1.807) is 12.3 Å². The molecule has 1 aromatic heterocycles. The topological polar surface area (TPSA) is 55.0 Å². The summed E-state index contributed by atoms with van der Waals surface area (Å²) in [5, 5.41) is 8.05. The predicted octanol–water partition coefficient (Wildman–Crippen LogP) is 1.98. The lowest BCUT2D eigenvalue weighted by molar-refractivity contribution is 0.328. The van der Waals surface area contributed by atoms with Crippen molar-refractivity contribution in [2.24, 2.45) is 11.1 Å². The molecule has 1 unspecified atom stereocenters. The Labute approximate surface area is 108 Å². The molecule has 0 aliphatic heterocycles. The van der Waals surface area contributed by atoms with Crippen molar-refractivity contribution in [1.82, 2.24) is 10.2 Å². The number of nitrogens with zero attached hydrogens (tertiary/aromatic N) is 3. The van der Waals surface area contributed by atoms with Crippen LogP contribution in [0.25, 0.3) is 0 Å². The fourth-order valence-corrected chi connectivity index (χ4v) is 1.70. The van der Waals surface area contributed by atoms with Gasteiger partial charge >= 0.3 is 0 Å². The molecule has 0 bridgehead atoms. The highest BCUT2D eigenvalue weighted by Crippen LogP contribution is 2.27. The fourth-order valence-electron chi connectivity index (χ4n) is 1.54. The van der Waals surface area contributed by atoms with Crippen molar-refractivity contribution < 1.29 is 0 Å². The molecule has 0 fully saturated rings. The Morgan fingerprint density at radius 3 is 2.53 bits per heavy atom. The summed E-state index contributed by atoms with van der Waals surface area (Å²) in [4.78, 5) is 2.42. The summed E-state index contributed by atoms with van der Waals surface area (Å²) in [6.07, 6.45) is 1.60. The Hall–Kier alpha value is -1.23. The van der Waals surface area contributed by atoms with E-state index in [0.717, 1.165) is 11.4 Å². The van der Waals surface area contributed by atoms with E-state index in [1.165, 1.54) is 0 Å². The Balaban J connectivity index is 3.12. The van der Waals surface area contributed by atoms with Crippen LogP contribution in [0, 0.1) is 5.41 Å². The molecule has 0 aromatic carbocycles. The Morgan fingerprint density at radius 2 is 2.06 bits per heavy atom. The van der Waals surface area contributed by atoms with Crippen molar-refractivity contribution in [1.29, 1.82) is 0 Å². The van der Waals surface area contributed by atoms with Gasteiger partial charge < -0.3 is 10.6 Å². The van der Waals surface area contributed by atoms with Crippen LogP contribution in [-0.4, -0.2) is 28.3 Å². The zero-order valence-corrected chi connectivity index (χ0v) is 11.9. The third kappa shape index (κ3) is 3.12. The summed E-state index contributed by atoms with van der Waals surface area (Å²) in [6, 6.07) is 2.10. The summed E-state index contributed by atoms with van der Waals surface area (Å²) >= 11 is 5.03. The van der Waals surface area contributed by atoms with Gasteiger partial charge in [-0.2, -0.15) is 5.10 Å². The van der Waals surface area contributed by atoms with E-state index in [4.69, 9.17) is 18.0 Å². The smallest absolute Gasteiger partial charge is 0.161 e. The van der Waals surface area contributed by atoms with E-state index in [1.807, 2.05) is 7.05 Å². The molecule has 1 atom stereocenters. The van der Waals surface area contributed by atoms with Gasteiger partial charge in [0.05, 0.1) is 11.8 Å². The molecule has 0 aliphatic rings. The number of aromatic nitrogens is 2. The zero-order valence-electron chi connectivity index (χ0n) is 11.1. The van der Waals surface area contributed by atoms with Crippen molar-refractivity contribution in [3.63, 3.8) is 0 Å². The van der Waals surface area contributed by atoms with Crippen LogP contribution in [0.1, 0.15) is 33.3 Å².